The highest BCUT2D eigenvalue weighted by atomic mass is 16.5. The first-order valence-corrected chi connectivity index (χ1v) is 4.35. The molecule has 0 aliphatic rings. The standard InChI is InChI=1S/C9H18NO2/c1-4-7-12-9(11)5-6-10-8(2)3/h8,10H,1,4-7H2,2-3H3. The Bertz CT molecular complexity index is 124. The lowest BCUT2D eigenvalue weighted by Gasteiger charge is -2.07. The molecular weight excluding hydrogens is 154 g/mol. The maximum atomic E-state index is 10.9. The van der Waals surface area contributed by atoms with Gasteiger partial charge in [-0.05, 0) is 13.3 Å². The van der Waals surface area contributed by atoms with E-state index in [2.05, 4.69) is 12.2 Å². The van der Waals surface area contributed by atoms with Gasteiger partial charge in [-0.15, -0.1) is 0 Å². The van der Waals surface area contributed by atoms with Crippen molar-refractivity contribution in [2.24, 2.45) is 0 Å². The maximum absolute atomic E-state index is 10.9. The van der Waals surface area contributed by atoms with Gasteiger partial charge in [0.25, 0.3) is 0 Å². The van der Waals surface area contributed by atoms with E-state index in [0.717, 1.165) is 0 Å². The molecule has 0 aliphatic carbocycles. The molecule has 0 saturated heterocycles. The zero-order chi connectivity index (χ0) is 9.40. The number of hydrogen-bond acceptors (Lipinski definition) is 3. The van der Waals surface area contributed by atoms with Gasteiger partial charge in [0.1, 0.15) is 0 Å². The lowest BCUT2D eigenvalue weighted by atomic mass is 10.3. The van der Waals surface area contributed by atoms with E-state index in [1.165, 1.54) is 0 Å². The van der Waals surface area contributed by atoms with E-state index in [9.17, 15) is 4.79 Å². The summed E-state index contributed by atoms with van der Waals surface area (Å²) in [5.74, 6) is -0.146. The summed E-state index contributed by atoms with van der Waals surface area (Å²) in [6.07, 6.45) is 1.08. The molecule has 0 aromatic rings. The third kappa shape index (κ3) is 7.54. The van der Waals surface area contributed by atoms with Crippen LogP contribution in [0.5, 0.6) is 0 Å². The minimum atomic E-state index is -0.146. The van der Waals surface area contributed by atoms with Crippen LogP contribution in [0.2, 0.25) is 0 Å². The molecular formula is C9H18NO2. The lowest BCUT2D eigenvalue weighted by Crippen LogP contribution is -2.26. The van der Waals surface area contributed by atoms with Gasteiger partial charge in [0.2, 0.25) is 0 Å². The third-order valence-electron chi connectivity index (χ3n) is 1.29. The van der Waals surface area contributed by atoms with Crippen molar-refractivity contribution < 1.29 is 9.53 Å². The van der Waals surface area contributed by atoms with Crippen molar-refractivity contribution in [3.8, 4) is 0 Å². The zero-order valence-corrected chi connectivity index (χ0v) is 7.93. The minimum absolute atomic E-state index is 0.146. The SMILES string of the molecule is [CH2]CCOC(=O)CCNC(C)C. The molecule has 0 atom stereocenters. The predicted molar refractivity (Wildman–Crippen MR) is 48.7 cm³/mol. The monoisotopic (exact) mass is 172 g/mol. The normalized spacial score (nSPS) is 10.3. The van der Waals surface area contributed by atoms with E-state index in [4.69, 9.17) is 4.74 Å². The average molecular weight is 172 g/mol. The van der Waals surface area contributed by atoms with Crippen LogP contribution in [0.3, 0.4) is 0 Å². The van der Waals surface area contributed by atoms with Crippen LogP contribution in [0.25, 0.3) is 0 Å². The molecule has 0 spiro atoms. The van der Waals surface area contributed by atoms with E-state index >= 15 is 0 Å². The molecule has 0 bridgehead atoms. The molecule has 0 heterocycles. The summed E-state index contributed by atoms with van der Waals surface area (Å²) >= 11 is 0. The van der Waals surface area contributed by atoms with Gasteiger partial charge in [0.15, 0.2) is 0 Å². The van der Waals surface area contributed by atoms with Crippen molar-refractivity contribution in [1.29, 1.82) is 0 Å². The number of rotatable bonds is 6. The molecule has 0 rings (SSSR count). The Hall–Kier alpha value is -0.570. The number of nitrogens with one attached hydrogen (secondary N) is 1. The van der Waals surface area contributed by atoms with Crippen molar-refractivity contribution in [3.05, 3.63) is 6.92 Å². The van der Waals surface area contributed by atoms with Crippen LogP contribution in [-0.2, 0) is 9.53 Å². The number of carbonyl (C=O) groups is 1. The number of hydrogen-bond donors (Lipinski definition) is 1. The second-order valence-corrected chi connectivity index (χ2v) is 2.93. The summed E-state index contributed by atoms with van der Waals surface area (Å²) in [6.45, 7) is 8.78. The molecule has 3 nitrogen and oxygen atoms in total. The molecule has 0 fully saturated rings. The molecule has 12 heavy (non-hydrogen) atoms. The lowest BCUT2D eigenvalue weighted by molar-refractivity contribution is -0.143. The van der Waals surface area contributed by atoms with Crippen LogP contribution in [0.1, 0.15) is 26.7 Å². The van der Waals surface area contributed by atoms with Gasteiger partial charge in [-0.25, -0.2) is 0 Å². The van der Waals surface area contributed by atoms with Gasteiger partial charge in [-0.1, -0.05) is 13.8 Å². The van der Waals surface area contributed by atoms with Gasteiger partial charge in [-0.2, -0.15) is 0 Å². The maximum Gasteiger partial charge on any atom is 0.307 e. The number of ether oxygens (including phenoxy) is 1. The number of carbonyl (C=O) groups excluding carboxylic acids is 1. The quantitative estimate of drug-likeness (QED) is 0.611. The summed E-state index contributed by atoms with van der Waals surface area (Å²) in [4.78, 5) is 10.9. The molecule has 0 unspecified atom stereocenters. The fourth-order valence-corrected chi connectivity index (χ4v) is 0.721. The molecule has 0 amide bonds. The highest BCUT2D eigenvalue weighted by Crippen LogP contribution is 1.87. The van der Waals surface area contributed by atoms with E-state index in [0.29, 0.717) is 32.0 Å². The van der Waals surface area contributed by atoms with Crippen LogP contribution in [0.4, 0.5) is 0 Å². The van der Waals surface area contributed by atoms with Crippen molar-refractivity contribution in [2.45, 2.75) is 32.7 Å². The largest absolute Gasteiger partial charge is 0.466 e. The Morgan fingerprint density at radius 3 is 2.75 bits per heavy atom. The predicted octanol–water partition coefficient (Wildman–Crippen LogP) is 1.14. The van der Waals surface area contributed by atoms with Gasteiger partial charge >= 0.3 is 5.97 Å². The van der Waals surface area contributed by atoms with Gasteiger partial charge in [0.05, 0.1) is 13.0 Å². The Labute approximate surface area is 74.5 Å². The first-order valence-electron chi connectivity index (χ1n) is 4.35. The molecule has 0 saturated carbocycles. The Kier molecular flexibility index (Phi) is 6.76. The highest BCUT2D eigenvalue weighted by molar-refractivity contribution is 5.69. The molecule has 1 N–H and O–H groups in total. The Morgan fingerprint density at radius 1 is 1.58 bits per heavy atom. The summed E-state index contributed by atoms with van der Waals surface area (Å²) in [5, 5.41) is 3.14. The highest BCUT2D eigenvalue weighted by Gasteiger charge is 2.01. The molecule has 0 aromatic carbocycles. The fourth-order valence-electron chi connectivity index (χ4n) is 0.721. The molecule has 0 aliphatic heterocycles. The topological polar surface area (TPSA) is 38.3 Å². The summed E-state index contributed by atoms with van der Waals surface area (Å²) in [6, 6.07) is 0.422. The third-order valence-corrected chi connectivity index (χ3v) is 1.29. The molecule has 0 aromatic heterocycles. The van der Waals surface area contributed by atoms with E-state index in [1.807, 2.05) is 13.8 Å². The van der Waals surface area contributed by atoms with Crippen molar-refractivity contribution in [2.75, 3.05) is 13.2 Å². The second-order valence-electron chi connectivity index (χ2n) is 2.93. The van der Waals surface area contributed by atoms with Crippen LogP contribution < -0.4 is 5.32 Å². The zero-order valence-electron chi connectivity index (χ0n) is 7.93. The van der Waals surface area contributed by atoms with E-state index in [1.54, 1.807) is 0 Å². The first kappa shape index (κ1) is 11.4. The van der Waals surface area contributed by atoms with Gasteiger partial charge < -0.3 is 10.1 Å². The van der Waals surface area contributed by atoms with E-state index < -0.39 is 0 Å². The van der Waals surface area contributed by atoms with Gasteiger partial charge in [-0.3, -0.25) is 4.79 Å². The second kappa shape index (κ2) is 7.10. The van der Waals surface area contributed by atoms with Crippen LogP contribution in [-0.4, -0.2) is 25.2 Å². The van der Waals surface area contributed by atoms with Crippen molar-refractivity contribution in [3.63, 3.8) is 0 Å². The van der Waals surface area contributed by atoms with Gasteiger partial charge in [0, 0.05) is 12.6 Å². The molecule has 3 heteroatoms. The molecule has 71 valence electrons. The van der Waals surface area contributed by atoms with Crippen LogP contribution in [0, 0.1) is 6.92 Å². The Balaban J connectivity index is 3.20. The van der Waals surface area contributed by atoms with Crippen molar-refractivity contribution in [1.82, 2.24) is 5.32 Å². The Morgan fingerprint density at radius 2 is 2.25 bits per heavy atom. The van der Waals surface area contributed by atoms with Crippen molar-refractivity contribution >= 4 is 5.97 Å². The summed E-state index contributed by atoms with van der Waals surface area (Å²) in [7, 11) is 0. The first-order chi connectivity index (χ1) is 5.66. The summed E-state index contributed by atoms with van der Waals surface area (Å²) in [5.41, 5.74) is 0. The van der Waals surface area contributed by atoms with E-state index in [-0.39, 0.29) is 5.97 Å². The average Bonchev–Trinajstić information content (AvgIpc) is 2.00. The minimum Gasteiger partial charge on any atom is -0.466 e. The molecule has 1 radical (unpaired) electrons. The van der Waals surface area contributed by atoms with Crippen LogP contribution in [0.15, 0.2) is 0 Å². The fraction of sp³-hybridized carbons (Fsp3) is 0.778. The van der Waals surface area contributed by atoms with Crippen LogP contribution >= 0.6 is 0 Å². The summed E-state index contributed by atoms with van der Waals surface area (Å²) < 4.78 is 4.83. The smallest absolute Gasteiger partial charge is 0.307 e. The number of esters is 1.